The molecule has 0 radical (unpaired) electrons. The van der Waals surface area contributed by atoms with Gasteiger partial charge in [0.05, 0.1) is 19.8 Å². The second kappa shape index (κ2) is 7.59. The molecule has 0 heterocycles. The smallest absolute Gasteiger partial charge is 0.123 e. The Hall–Kier alpha value is -1.14. The van der Waals surface area contributed by atoms with Crippen molar-refractivity contribution >= 4 is 22.6 Å². The lowest BCUT2D eigenvalue weighted by Crippen LogP contribution is -2.06. The average molecular weight is 386 g/mol. The van der Waals surface area contributed by atoms with Gasteiger partial charge in [-0.3, -0.25) is 0 Å². The van der Waals surface area contributed by atoms with E-state index in [-0.39, 0.29) is 11.9 Å². The Morgan fingerprint density at radius 1 is 1.15 bits per heavy atom. The molecule has 0 amide bonds. The predicted octanol–water partition coefficient (Wildman–Crippen LogP) is 4.53. The summed E-state index contributed by atoms with van der Waals surface area (Å²) >= 11 is 2.25. The number of hydrogen-bond donors (Lipinski definition) is 0. The minimum Gasteiger partial charge on any atom is -0.497 e. The van der Waals surface area contributed by atoms with Gasteiger partial charge in [0.1, 0.15) is 11.6 Å². The minimum absolute atomic E-state index is 0.103. The number of benzene rings is 2. The van der Waals surface area contributed by atoms with Crippen LogP contribution < -0.4 is 4.74 Å². The SMILES string of the molecule is COc1ccc(COC(CI)c2cccc(F)c2)cc1. The first kappa shape index (κ1) is 15.3. The molecule has 1 unspecified atom stereocenters. The fourth-order valence-electron chi connectivity index (χ4n) is 1.86. The van der Waals surface area contributed by atoms with Gasteiger partial charge < -0.3 is 9.47 Å². The Bertz CT molecular complexity index is 542. The maximum Gasteiger partial charge on any atom is 0.123 e. The van der Waals surface area contributed by atoms with Gasteiger partial charge in [0.25, 0.3) is 0 Å². The zero-order chi connectivity index (χ0) is 14.4. The summed E-state index contributed by atoms with van der Waals surface area (Å²) in [7, 11) is 1.64. The van der Waals surface area contributed by atoms with E-state index in [1.807, 2.05) is 30.3 Å². The number of rotatable bonds is 6. The fraction of sp³-hybridized carbons (Fsp3) is 0.250. The molecule has 2 aromatic carbocycles. The van der Waals surface area contributed by atoms with Crippen LogP contribution in [-0.4, -0.2) is 11.5 Å². The summed E-state index contributed by atoms with van der Waals surface area (Å²) in [6, 6.07) is 14.3. The molecule has 0 spiro atoms. The molecule has 106 valence electrons. The van der Waals surface area contributed by atoms with Crippen LogP contribution in [0.4, 0.5) is 4.39 Å². The molecule has 0 saturated heterocycles. The molecule has 2 nitrogen and oxygen atoms in total. The Morgan fingerprint density at radius 2 is 1.90 bits per heavy atom. The molecule has 0 aromatic heterocycles. The molecule has 0 N–H and O–H groups in total. The zero-order valence-corrected chi connectivity index (χ0v) is 13.3. The van der Waals surface area contributed by atoms with Gasteiger partial charge in [0.2, 0.25) is 0 Å². The van der Waals surface area contributed by atoms with Gasteiger partial charge in [-0.2, -0.15) is 0 Å². The molecule has 4 heteroatoms. The topological polar surface area (TPSA) is 18.5 Å². The molecule has 0 bridgehead atoms. The summed E-state index contributed by atoms with van der Waals surface area (Å²) in [5.41, 5.74) is 1.94. The molecule has 0 fully saturated rings. The van der Waals surface area contributed by atoms with Crippen LogP contribution >= 0.6 is 22.6 Å². The first-order valence-corrected chi connectivity index (χ1v) is 7.81. The summed E-state index contributed by atoms with van der Waals surface area (Å²) in [5.74, 6) is 0.592. The van der Waals surface area contributed by atoms with Crippen LogP contribution in [0, 0.1) is 5.82 Å². The normalized spacial score (nSPS) is 12.2. The van der Waals surface area contributed by atoms with Crippen molar-refractivity contribution < 1.29 is 13.9 Å². The van der Waals surface area contributed by atoms with E-state index in [1.54, 1.807) is 13.2 Å². The van der Waals surface area contributed by atoms with Crippen molar-refractivity contribution in [3.63, 3.8) is 0 Å². The van der Waals surface area contributed by atoms with Crippen LogP contribution in [0.3, 0.4) is 0 Å². The molecule has 2 aromatic rings. The number of ether oxygens (including phenoxy) is 2. The molecule has 0 aliphatic rings. The maximum absolute atomic E-state index is 13.2. The van der Waals surface area contributed by atoms with Crippen LogP contribution in [0.25, 0.3) is 0 Å². The van der Waals surface area contributed by atoms with Gasteiger partial charge in [-0.15, -0.1) is 0 Å². The molecule has 0 saturated carbocycles. The summed E-state index contributed by atoms with van der Waals surface area (Å²) in [6.45, 7) is 0.494. The molecule has 0 aliphatic heterocycles. The maximum atomic E-state index is 13.2. The summed E-state index contributed by atoms with van der Waals surface area (Å²) in [4.78, 5) is 0. The van der Waals surface area contributed by atoms with E-state index in [9.17, 15) is 4.39 Å². The highest BCUT2D eigenvalue weighted by molar-refractivity contribution is 14.1. The van der Waals surface area contributed by atoms with Gasteiger partial charge in [-0.25, -0.2) is 4.39 Å². The van der Waals surface area contributed by atoms with E-state index < -0.39 is 0 Å². The van der Waals surface area contributed by atoms with E-state index >= 15 is 0 Å². The first-order valence-electron chi connectivity index (χ1n) is 6.29. The predicted molar refractivity (Wildman–Crippen MR) is 85.8 cm³/mol. The highest BCUT2D eigenvalue weighted by Gasteiger charge is 2.11. The van der Waals surface area contributed by atoms with Crippen molar-refractivity contribution in [2.24, 2.45) is 0 Å². The summed E-state index contributed by atoms with van der Waals surface area (Å²) < 4.78 is 25.0. The lowest BCUT2D eigenvalue weighted by molar-refractivity contribution is 0.0575. The van der Waals surface area contributed by atoms with Crippen molar-refractivity contribution in [2.45, 2.75) is 12.7 Å². The Morgan fingerprint density at radius 3 is 2.50 bits per heavy atom. The van der Waals surface area contributed by atoms with Crippen molar-refractivity contribution in [1.29, 1.82) is 0 Å². The monoisotopic (exact) mass is 386 g/mol. The molecular formula is C16H16FIO2. The second-order valence-corrected chi connectivity index (χ2v) is 5.24. The lowest BCUT2D eigenvalue weighted by Gasteiger charge is -2.16. The van der Waals surface area contributed by atoms with Crippen molar-refractivity contribution in [3.05, 3.63) is 65.5 Å². The van der Waals surface area contributed by atoms with Crippen LogP contribution in [0.2, 0.25) is 0 Å². The van der Waals surface area contributed by atoms with Gasteiger partial charge in [0.15, 0.2) is 0 Å². The van der Waals surface area contributed by atoms with Crippen LogP contribution in [0.15, 0.2) is 48.5 Å². The van der Waals surface area contributed by atoms with Crippen LogP contribution in [0.5, 0.6) is 5.75 Å². The fourth-order valence-corrected chi connectivity index (χ4v) is 2.62. The molecule has 0 aliphatic carbocycles. The average Bonchev–Trinajstić information content (AvgIpc) is 2.48. The molecule has 20 heavy (non-hydrogen) atoms. The highest BCUT2D eigenvalue weighted by atomic mass is 127. The van der Waals surface area contributed by atoms with E-state index in [0.29, 0.717) is 6.61 Å². The molecular weight excluding hydrogens is 370 g/mol. The Labute approximate surface area is 132 Å². The van der Waals surface area contributed by atoms with E-state index in [1.165, 1.54) is 12.1 Å². The third kappa shape index (κ3) is 4.18. The number of methoxy groups -OCH3 is 1. The van der Waals surface area contributed by atoms with Crippen LogP contribution in [0.1, 0.15) is 17.2 Å². The van der Waals surface area contributed by atoms with Gasteiger partial charge in [-0.1, -0.05) is 46.9 Å². The third-order valence-electron chi connectivity index (χ3n) is 2.97. The Balaban J connectivity index is 1.99. The summed E-state index contributed by atoms with van der Waals surface area (Å²) in [5, 5.41) is 0. The van der Waals surface area contributed by atoms with Gasteiger partial charge in [0, 0.05) is 4.43 Å². The first-order chi connectivity index (χ1) is 9.72. The summed E-state index contributed by atoms with van der Waals surface area (Å²) in [6.07, 6.45) is -0.103. The zero-order valence-electron chi connectivity index (χ0n) is 11.2. The Kier molecular flexibility index (Phi) is 5.79. The van der Waals surface area contributed by atoms with Gasteiger partial charge >= 0.3 is 0 Å². The van der Waals surface area contributed by atoms with E-state index in [0.717, 1.165) is 21.3 Å². The van der Waals surface area contributed by atoms with Gasteiger partial charge in [-0.05, 0) is 35.4 Å². The minimum atomic E-state index is -0.231. The third-order valence-corrected chi connectivity index (χ3v) is 3.77. The van der Waals surface area contributed by atoms with Crippen LogP contribution in [-0.2, 0) is 11.3 Å². The van der Waals surface area contributed by atoms with E-state index in [2.05, 4.69) is 22.6 Å². The van der Waals surface area contributed by atoms with Crippen molar-refractivity contribution in [3.8, 4) is 5.75 Å². The number of hydrogen-bond acceptors (Lipinski definition) is 2. The molecule has 2 rings (SSSR count). The number of halogens is 2. The number of alkyl halides is 1. The van der Waals surface area contributed by atoms with Crippen molar-refractivity contribution in [1.82, 2.24) is 0 Å². The van der Waals surface area contributed by atoms with Crippen molar-refractivity contribution in [2.75, 3.05) is 11.5 Å². The molecule has 1 atom stereocenters. The standard InChI is InChI=1S/C16H16FIO2/c1-19-15-7-5-12(6-8-15)11-20-16(10-18)13-3-2-4-14(17)9-13/h2-9,16H,10-11H2,1H3. The highest BCUT2D eigenvalue weighted by Crippen LogP contribution is 2.23. The lowest BCUT2D eigenvalue weighted by atomic mass is 10.1. The second-order valence-electron chi connectivity index (χ2n) is 4.36. The van der Waals surface area contributed by atoms with E-state index in [4.69, 9.17) is 9.47 Å². The quantitative estimate of drug-likeness (QED) is 0.537. The largest absolute Gasteiger partial charge is 0.497 e.